The van der Waals surface area contributed by atoms with E-state index in [9.17, 15) is 4.79 Å². The van der Waals surface area contributed by atoms with Gasteiger partial charge in [0.25, 0.3) is 5.91 Å². The third-order valence-electron chi connectivity index (χ3n) is 6.07. The van der Waals surface area contributed by atoms with Crippen molar-refractivity contribution in [2.75, 3.05) is 6.54 Å². The number of hydrogen-bond acceptors (Lipinski definition) is 5. The van der Waals surface area contributed by atoms with Crippen molar-refractivity contribution in [2.24, 2.45) is 0 Å². The summed E-state index contributed by atoms with van der Waals surface area (Å²) in [6, 6.07) is 20.3. The van der Waals surface area contributed by atoms with Crippen LogP contribution < -0.4 is 0 Å². The molecule has 33 heavy (non-hydrogen) atoms. The lowest BCUT2D eigenvalue weighted by Gasteiger charge is -2.33. The van der Waals surface area contributed by atoms with E-state index in [1.807, 2.05) is 48.2 Å². The number of likely N-dealkylation sites (tertiary alicyclic amines) is 1. The third kappa shape index (κ3) is 4.91. The topological polar surface area (TPSA) is 59.2 Å². The molecule has 0 bridgehead atoms. The first-order chi connectivity index (χ1) is 16.2. The smallest absolute Gasteiger partial charge is 0.266 e. The molecule has 1 atom stereocenters. The molecule has 2 aromatic heterocycles. The summed E-state index contributed by atoms with van der Waals surface area (Å²) in [6.07, 6.45) is 6.17. The molecule has 0 radical (unpaired) electrons. The van der Waals surface area contributed by atoms with Gasteiger partial charge in [0.15, 0.2) is 0 Å². The van der Waals surface area contributed by atoms with Crippen LogP contribution >= 0.6 is 11.3 Å². The van der Waals surface area contributed by atoms with Crippen LogP contribution in [0.25, 0.3) is 0 Å². The highest BCUT2D eigenvalue weighted by Crippen LogP contribution is 2.34. The van der Waals surface area contributed by atoms with Crippen LogP contribution in [0.1, 0.15) is 68.5 Å². The fraction of sp³-hybridized carbons (Fsp3) is 0.296. The number of oxazole rings is 1. The Morgan fingerprint density at radius 1 is 1.03 bits per heavy atom. The van der Waals surface area contributed by atoms with E-state index >= 15 is 0 Å². The molecule has 3 heterocycles. The number of piperidine rings is 1. The van der Waals surface area contributed by atoms with Crippen LogP contribution in [0.15, 0.2) is 71.3 Å². The summed E-state index contributed by atoms with van der Waals surface area (Å²) >= 11 is 1.51. The van der Waals surface area contributed by atoms with Crippen molar-refractivity contribution in [1.82, 2.24) is 14.9 Å². The molecule has 5 nitrogen and oxygen atoms in total. The Morgan fingerprint density at radius 2 is 1.73 bits per heavy atom. The van der Waals surface area contributed by atoms with Crippen molar-refractivity contribution in [3.05, 3.63) is 105 Å². The van der Waals surface area contributed by atoms with Crippen molar-refractivity contribution in [3.63, 3.8) is 0 Å². The highest BCUT2D eigenvalue weighted by molar-refractivity contribution is 7.13. The van der Waals surface area contributed by atoms with Gasteiger partial charge in [-0.25, -0.2) is 9.97 Å². The van der Waals surface area contributed by atoms with Gasteiger partial charge in [-0.15, -0.1) is 11.3 Å². The second-order valence-corrected chi connectivity index (χ2v) is 9.61. The Morgan fingerprint density at radius 3 is 2.45 bits per heavy atom. The first-order valence-corrected chi connectivity index (χ1v) is 12.3. The van der Waals surface area contributed by atoms with Crippen molar-refractivity contribution in [2.45, 2.75) is 45.1 Å². The van der Waals surface area contributed by atoms with Gasteiger partial charge in [0, 0.05) is 19.4 Å². The average Bonchev–Trinajstić information content (AvgIpc) is 3.46. The molecule has 1 saturated heterocycles. The molecule has 1 aliphatic rings. The van der Waals surface area contributed by atoms with E-state index in [0.29, 0.717) is 18.9 Å². The number of rotatable bonds is 6. The van der Waals surface area contributed by atoms with Gasteiger partial charge in [-0.05, 0) is 37.3 Å². The van der Waals surface area contributed by atoms with E-state index in [2.05, 4.69) is 29.2 Å². The predicted octanol–water partition coefficient (Wildman–Crippen LogP) is 5.99. The zero-order valence-electron chi connectivity index (χ0n) is 18.7. The summed E-state index contributed by atoms with van der Waals surface area (Å²) in [5.41, 5.74) is 3.19. The summed E-state index contributed by atoms with van der Waals surface area (Å²) in [5, 5.41) is 0.969. The fourth-order valence-corrected chi connectivity index (χ4v) is 5.47. The van der Waals surface area contributed by atoms with Crippen molar-refractivity contribution < 1.29 is 9.21 Å². The van der Waals surface area contributed by atoms with Gasteiger partial charge in [-0.2, -0.15) is 0 Å². The molecule has 1 aliphatic heterocycles. The van der Waals surface area contributed by atoms with Crippen LogP contribution in [0.5, 0.6) is 0 Å². The largest absolute Gasteiger partial charge is 0.443 e. The minimum Gasteiger partial charge on any atom is -0.443 e. The van der Waals surface area contributed by atoms with Crippen LogP contribution in [-0.2, 0) is 12.8 Å². The summed E-state index contributed by atoms with van der Waals surface area (Å²) < 4.78 is 6.14. The highest BCUT2D eigenvalue weighted by atomic mass is 32.1. The monoisotopic (exact) mass is 457 g/mol. The summed E-state index contributed by atoms with van der Waals surface area (Å²) in [5.74, 6) is 1.51. The van der Waals surface area contributed by atoms with E-state index in [4.69, 9.17) is 9.40 Å². The number of thiazole rings is 1. The van der Waals surface area contributed by atoms with E-state index in [-0.39, 0.29) is 11.9 Å². The Kier molecular flexibility index (Phi) is 6.35. The lowest BCUT2D eigenvalue weighted by atomic mass is 10.0. The zero-order chi connectivity index (χ0) is 22.6. The molecule has 0 N–H and O–H groups in total. The quantitative estimate of drug-likeness (QED) is 0.357. The van der Waals surface area contributed by atoms with Crippen molar-refractivity contribution in [1.29, 1.82) is 0 Å². The number of hydrogen-bond donors (Lipinski definition) is 0. The van der Waals surface area contributed by atoms with E-state index < -0.39 is 0 Å². The molecule has 2 aromatic carbocycles. The zero-order valence-corrected chi connectivity index (χ0v) is 19.6. The van der Waals surface area contributed by atoms with Gasteiger partial charge in [0.2, 0.25) is 5.89 Å². The minimum atomic E-state index is -0.130. The summed E-state index contributed by atoms with van der Waals surface area (Å²) in [6.45, 7) is 2.64. The van der Waals surface area contributed by atoms with E-state index in [0.717, 1.165) is 47.0 Å². The lowest BCUT2D eigenvalue weighted by molar-refractivity contribution is 0.0574. The molecular weight excluding hydrogens is 430 g/mol. The second kappa shape index (κ2) is 9.71. The third-order valence-corrected chi connectivity index (χ3v) is 7.22. The van der Waals surface area contributed by atoms with Gasteiger partial charge in [-0.1, -0.05) is 60.7 Å². The molecule has 0 aliphatic carbocycles. The lowest BCUT2D eigenvalue weighted by Crippen LogP contribution is -2.38. The summed E-state index contributed by atoms with van der Waals surface area (Å²) in [4.78, 5) is 25.5. The van der Waals surface area contributed by atoms with Crippen LogP contribution in [0, 0.1) is 6.92 Å². The molecule has 1 fully saturated rings. The molecule has 0 spiro atoms. The van der Waals surface area contributed by atoms with Crippen LogP contribution in [0.4, 0.5) is 0 Å². The maximum Gasteiger partial charge on any atom is 0.266 e. The minimum absolute atomic E-state index is 0.0387. The molecule has 168 valence electrons. The van der Waals surface area contributed by atoms with Crippen molar-refractivity contribution in [3.8, 4) is 0 Å². The predicted molar refractivity (Wildman–Crippen MR) is 129 cm³/mol. The number of amides is 1. The molecule has 0 unspecified atom stereocenters. The van der Waals surface area contributed by atoms with Gasteiger partial charge in [0.05, 0.1) is 16.9 Å². The first kappa shape index (κ1) is 21.6. The Bertz CT molecular complexity index is 1220. The van der Waals surface area contributed by atoms with E-state index in [1.165, 1.54) is 22.5 Å². The maximum absolute atomic E-state index is 13.6. The Balaban J connectivity index is 1.34. The Labute approximate surface area is 198 Å². The van der Waals surface area contributed by atoms with Gasteiger partial charge >= 0.3 is 0 Å². The normalized spacial score (nSPS) is 16.2. The molecular formula is C27H27N3O2S. The number of carbonyl (C=O) groups is 1. The van der Waals surface area contributed by atoms with E-state index in [1.54, 1.807) is 6.20 Å². The van der Waals surface area contributed by atoms with Crippen LogP contribution in [0.3, 0.4) is 0 Å². The summed E-state index contributed by atoms with van der Waals surface area (Å²) in [7, 11) is 0. The van der Waals surface area contributed by atoms with Crippen molar-refractivity contribution >= 4 is 17.2 Å². The number of aromatic nitrogens is 2. The molecule has 6 heteroatoms. The molecule has 1 amide bonds. The highest BCUT2D eigenvalue weighted by Gasteiger charge is 2.33. The maximum atomic E-state index is 13.6. The molecule has 5 rings (SSSR count). The standard InChI is InChI=1S/C27H27N3O2S/c1-19-25(33-24(29-19)17-21-12-6-3-7-13-21)27(31)30-15-9-8-14-23(30)26-28-18-22(32-26)16-20-10-4-2-5-11-20/h2-7,10-13,18,23H,8-9,14-17H2,1H3/t23-/m1/s1. The Hall–Kier alpha value is -3.25. The van der Waals surface area contributed by atoms with Crippen LogP contribution in [-0.4, -0.2) is 27.3 Å². The van der Waals surface area contributed by atoms with Gasteiger partial charge in [0.1, 0.15) is 16.7 Å². The molecule has 0 saturated carbocycles. The molecule has 4 aromatic rings. The van der Waals surface area contributed by atoms with Gasteiger partial charge < -0.3 is 9.32 Å². The number of aryl methyl sites for hydroxylation is 1. The number of benzene rings is 2. The SMILES string of the molecule is Cc1nc(Cc2ccccc2)sc1C(=O)N1CCCC[C@@H]1c1ncc(Cc2ccccc2)o1. The number of carbonyl (C=O) groups excluding carboxylic acids is 1. The van der Waals surface area contributed by atoms with Crippen LogP contribution in [0.2, 0.25) is 0 Å². The average molecular weight is 458 g/mol. The first-order valence-electron chi connectivity index (χ1n) is 11.5. The fourth-order valence-electron chi connectivity index (χ4n) is 4.41. The second-order valence-electron chi connectivity index (χ2n) is 8.52. The van der Waals surface area contributed by atoms with Gasteiger partial charge in [-0.3, -0.25) is 4.79 Å². The number of nitrogens with zero attached hydrogens (tertiary/aromatic N) is 3.